The summed E-state index contributed by atoms with van der Waals surface area (Å²) in [7, 11) is 0. The average Bonchev–Trinajstić information content (AvgIpc) is 2.96. The summed E-state index contributed by atoms with van der Waals surface area (Å²) < 4.78 is 0. The normalized spacial score (nSPS) is 39.5. The van der Waals surface area contributed by atoms with Gasteiger partial charge in [0.1, 0.15) is 0 Å². The third-order valence-corrected chi connectivity index (χ3v) is 7.64. The number of hydrogen-bond donors (Lipinski definition) is 2. The van der Waals surface area contributed by atoms with E-state index in [0.717, 1.165) is 17.5 Å². The molecule has 0 spiro atoms. The van der Waals surface area contributed by atoms with Gasteiger partial charge in [0.2, 0.25) is 0 Å². The molecule has 0 aromatic heterocycles. The summed E-state index contributed by atoms with van der Waals surface area (Å²) in [6, 6.07) is 11.8. The topological polar surface area (TPSA) is 38.0 Å². The maximum absolute atomic E-state index is 6.34. The Morgan fingerprint density at radius 2 is 2.00 bits per heavy atom. The lowest BCUT2D eigenvalue weighted by Gasteiger charge is -2.43. The van der Waals surface area contributed by atoms with Gasteiger partial charge in [-0.05, 0) is 61.5 Å². The summed E-state index contributed by atoms with van der Waals surface area (Å²) in [6.07, 6.45) is 8.85. The van der Waals surface area contributed by atoms with Crippen LogP contribution in [0.2, 0.25) is 0 Å². The smallest absolute Gasteiger partial charge is 0.0793 e. The molecule has 4 bridgehead atoms. The highest BCUT2D eigenvalue weighted by Gasteiger charge is 2.69. The fraction of sp³-hybridized carbons (Fsp3) is 0.667. The zero-order valence-electron chi connectivity index (χ0n) is 14.8. The van der Waals surface area contributed by atoms with Crippen LogP contribution in [0.15, 0.2) is 30.3 Å². The zero-order valence-corrected chi connectivity index (χ0v) is 15.6. The second-order valence-corrected chi connectivity index (χ2v) is 8.95. The predicted octanol–water partition coefficient (Wildman–Crippen LogP) is 4.18. The molecule has 3 heteroatoms. The van der Waals surface area contributed by atoms with Crippen LogP contribution in [0.5, 0.6) is 0 Å². The van der Waals surface area contributed by atoms with Crippen molar-refractivity contribution in [1.82, 2.24) is 5.32 Å². The lowest BCUT2D eigenvalue weighted by molar-refractivity contribution is 0.182. The van der Waals surface area contributed by atoms with Gasteiger partial charge in [-0.2, -0.15) is 0 Å². The molecule has 24 heavy (non-hydrogen) atoms. The van der Waals surface area contributed by atoms with Gasteiger partial charge < -0.3 is 11.1 Å². The van der Waals surface area contributed by atoms with Gasteiger partial charge in [0.15, 0.2) is 0 Å². The van der Waals surface area contributed by atoms with E-state index in [9.17, 15) is 0 Å². The number of rotatable bonds is 7. The van der Waals surface area contributed by atoms with Crippen LogP contribution >= 0.6 is 12.2 Å². The van der Waals surface area contributed by atoms with Gasteiger partial charge in [-0.3, -0.25) is 0 Å². The first-order valence-corrected chi connectivity index (χ1v) is 10.1. The summed E-state index contributed by atoms with van der Waals surface area (Å²) in [5.41, 5.74) is 8.28. The highest BCUT2D eigenvalue weighted by molar-refractivity contribution is 7.80. The van der Waals surface area contributed by atoms with E-state index < -0.39 is 0 Å². The van der Waals surface area contributed by atoms with Crippen LogP contribution in [-0.4, -0.2) is 17.6 Å². The maximum Gasteiger partial charge on any atom is 0.0793 e. The van der Waals surface area contributed by atoms with Crippen molar-refractivity contribution in [1.29, 1.82) is 0 Å². The van der Waals surface area contributed by atoms with Crippen molar-refractivity contribution >= 4 is 17.2 Å². The van der Waals surface area contributed by atoms with Crippen molar-refractivity contribution in [3.05, 3.63) is 35.9 Å². The number of benzene rings is 1. The van der Waals surface area contributed by atoms with Crippen molar-refractivity contribution in [2.75, 3.05) is 6.54 Å². The zero-order chi connectivity index (χ0) is 16.8. The molecule has 3 N–H and O–H groups in total. The molecule has 0 heterocycles. The fourth-order valence-corrected chi connectivity index (χ4v) is 6.66. The molecule has 5 unspecified atom stereocenters. The Labute approximate surface area is 151 Å². The van der Waals surface area contributed by atoms with Crippen LogP contribution in [0.25, 0.3) is 0 Å². The molecule has 0 radical (unpaired) electrons. The molecule has 1 aromatic carbocycles. The van der Waals surface area contributed by atoms with Gasteiger partial charge in [0.05, 0.1) is 4.99 Å². The number of hydrogen-bond acceptors (Lipinski definition) is 2. The molecule has 130 valence electrons. The Kier molecular flexibility index (Phi) is 4.20. The lowest BCUT2D eigenvalue weighted by atomic mass is 9.63. The predicted molar refractivity (Wildman–Crippen MR) is 104 cm³/mol. The lowest BCUT2D eigenvalue weighted by Crippen LogP contribution is -2.45. The third kappa shape index (κ3) is 2.35. The number of unbranched alkanes of at least 4 members (excludes halogenated alkanes) is 2. The molecule has 0 amide bonds. The summed E-state index contributed by atoms with van der Waals surface area (Å²) >= 11 is 5.61. The minimum absolute atomic E-state index is 0.108. The SMILES string of the molecule is CCCCCNC1C2CC3(c4ccccc4)CC1C(C(N)=S)(C2)C3. The Morgan fingerprint density at radius 3 is 2.71 bits per heavy atom. The minimum Gasteiger partial charge on any atom is -0.393 e. The van der Waals surface area contributed by atoms with Crippen LogP contribution < -0.4 is 11.1 Å². The monoisotopic (exact) mass is 342 g/mol. The first-order valence-electron chi connectivity index (χ1n) is 9.70. The largest absolute Gasteiger partial charge is 0.393 e. The number of nitrogens with one attached hydrogen (secondary N) is 1. The van der Waals surface area contributed by atoms with Crippen LogP contribution in [0, 0.1) is 17.3 Å². The van der Waals surface area contributed by atoms with Crippen molar-refractivity contribution in [3.8, 4) is 0 Å². The van der Waals surface area contributed by atoms with Crippen molar-refractivity contribution in [3.63, 3.8) is 0 Å². The van der Waals surface area contributed by atoms with E-state index in [1.807, 2.05) is 0 Å². The van der Waals surface area contributed by atoms with E-state index in [4.69, 9.17) is 18.0 Å². The first-order chi connectivity index (χ1) is 11.6. The fourth-order valence-electron chi connectivity index (χ4n) is 6.35. The molecule has 4 fully saturated rings. The second-order valence-electron chi connectivity index (χ2n) is 8.51. The molecule has 0 aliphatic heterocycles. The van der Waals surface area contributed by atoms with Gasteiger partial charge in [-0.1, -0.05) is 62.3 Å². The standard InChI is InChI=1S/C21H30N2S/c1-2-3-7-10-23-18-15-11-20(16-8-5-4-6-9-16)13-17(18)21(12-15,14-20)19(22)24/h4-6,8-9,15,17-18,23H,2-3,7,10-14H2,1H3,(H2,22,24). The quantitative estimate of drug-likeness (QED) is 0.577. The van der Waals surface area contributed by atoms with Gasteiger partial charge in [0, 0.05) is 11.5 Å². The summed E-state index contributed by atoms with van der Waals surface area (Å²) in [5.74, 6) is 1.37. The highest BCUT2D eigenvalue weighted by atomic mass is 32.1. The molecule has 5 rings (SSSR count). The molecular weight excluding hydrogens is 312 g/mol. The molecule has 5 atom stereocenters. The van der Waals surface area contributed by atoms with Crippen LogP contribution in [-0.2, 0) is 5.41 Å². The molecule has 4 aliphatic carbocycles. The van der Waals surface area contributed by atoms with Gasteiger partial charge in [-0.15, -0.1) is 0 Å². The summed E-state index contributed by atoms with van der Waals surface area (Å²) in [4.78, 5) is 0.785. The number of thiocarbonyl (C=S) groups is 1. The first kappa shape index (κ1) is 16.5. The molecular formula is C21H30N2S. The molecule has 4 aliphatic rings. The van der Waals surface area contributed by atoms with Crippen molar-refractivity contribution in [2.24, 2.45) is 23.0 Å². The molecule has 2 nitrogen and oxygen atoms in total. The Morgan fingerprint density at radius 1 is 1.21 bits per heavy atom. The van der Waals surface area contributed by atoms with E-state index in [0.29, 0.717) is 17.4 Å². The summed E-state index contributed by atoms with van der Waals surface area (Å²) in [6.45, 7) is 3.42. The molecule has 0 saturated heterocycles. The van der Waals surface area contributed by atoms with E-state index in [-0.39, 0.29) is 5.41 Å². The van der Waals surface area contributed by atoms with E-state index in [1.165, 1.54) is 50.5 Å². The average molecular weight is 343 g/mol. The molecule has 1 aromatic rings. The number of nitrogens with two attached hydrogens (primary N) is 1. The van der Waals surface area contributed by atoms with E-state index >= 15 is 0 Å². The Balaban J connectivity index is 1.59. The van der Waals surface area contributed by atoms with Gasteiger partial charge in [-0.25, -0.2) is 0 Å². The van der Waals surface area contributed by atoms with Crippen LogP contribution in [0.3, 0.4) is 0 Å². The second kappa shape index (κ2) is 6.10. The van der Waals surface area contributed by atoms with Crippen LogP contribution in [0.4, 0.5) is 0 Å². The van der Waals surface area contributed by atoms with Gasteiger partial charge >= 0.3 is 0 Å². The Bertz CT molecular complexity index is 616. The molecule has 4 saturated carbocycles. The van der Waals surface area contributed by atoms with E-state index in [2.05, 4.69) is 42.6 Å². The van der Waals surface area contributed by atoms with E-state index in [1.54, 1.807) is 0 Å². The summed E-state index contributed by atoms with van der Waals surface area (Å²) in [5, 5.41) is 3.91. The maximum atomic E-state index is 6.34. The highest BCUT2D eigenvalue weighted by Crippen LogP contribution is 2.70. The van der Waals surface area contributed by atoms with Gasteiger partial charge in [0.25, 0.3) is 0 Å². The van der Waals surface area contributed by atoms with Crippen LogP contribution in [0.1, 0.15) is 57.4 Å². The minimum atomic E-state index is 0.108. The van der Waals surface area contributed by atoms with Crippen molar-refractivity contribution in [2.45, 2.75) is 63.3 Å². The Hall–Kier alpha value is -0.930. The third-order valence-electron chi connectivity index (χ3n) is 7.23. The van der Waals surface area contributed by atoms with Crippen molar-refractivity contribution < 1.29 is 0 Å².